The van der Waals surface area contributed by atoms with E-state index in [2.05, 4.69) is 100 Å². The van der Waals surface area contributed by atoms with Gasteiger partial charge in [0.1, 0.15) is 11.6 Å². The highest BCUT2D eigenvalue weighted by molar-refractivity contribution is 6.12. The SMILES string of the molecule is Cc1cccc(-c2cc(-n3c4ccccc4c4cc(-c5ccccc5C#N)ccc43)c(C#N)c(-n3c4ccccc4c4cc(-c5ccccc5C#N)ccc43)c2)n1. The lowest BCUT2D eigenvalue weighted by atomic mass is 9.98. The molecule has 0 radical (unpaired) electrons. The zero-order valence-corrected chi connectivity index (χ0v) is 30.8. The van der Waals surface area contributed by atoms with E-state index in [0.717, 1.165) is 94.2 Å². The van der Waals surface area contributed by atoms with Crippen LogP contribution in [0.15, 0.2) is 164 Å². The Bertz CT molecular complexity index is 3220. The molecule has 0 aliphatic rings. The van der Waals surface area contributed by atoms with Crippen LogP contribution >= 0.6 is 0 Å². The van der Waals surface area contributed by atoms with Gasteiger partial charge >= 0.3 is 0 Å². The van der Waals surface area contributed by atoms with E-state index in [4.69, 9.17) is 4.98 Å². The Labute approximate surface area is 328 Å². The van der Waals surface area contributed by atoms with Gasteiger partial charge in [0.05, 0.1) is 62.4 Å². The number of hydrogen-bond donors (Lipinski definition) is 0. The lowest BCUT2D eigenvalue weighted by molar-refractivity contribution is 1.11. The standard InChI is InChI=1S/C51H30N6/c1-32-11-10-18-45(55-32)37-27-50(56-46-19-8-6-16-40(46)42-25-33(21-23-48(42)56)38-14-4-2-12-35(38)29-52)44(31-54)51(28-37)57-47-20-9-7-17-41(47)43-26-34(22-24-49(43)57)39-15-5-3-13-36(39)30-53/h2-28H,1H3. The summed E-state index contributed by atoms with van der Waals surface area (Å²) in [6.45, 7) is 1.99. The Kier molecular flexibility index (Phi) is 7.75. The first-order valence-corrected chi connectivity index (χ1v) is 18.6. The second-order valence-electron chi connectivity index (χ2n) is 14.1. The van der Waals surface area contributed by atoms with Gasteiger partial charge in [0, 0.05) is 32.8 Å². The van der Waals surface area contributed by atoms with Crippen molar-refractivity contribution >= 4 is 43.6 Å². The highest BCUT2D eigenvalue weighted by atomic mass is 15.0. The molecule has 0 saturated heterocycles. The van der Waals surface area contributed by atoms with Crippen molar-refractivity contribution in [3.8, 4) is 63.1 Å². The number of benzene rings is 7. The quantitative estimate of drug-likeness (QED) is 0.176. The van der Waals surface area contributed by atoms with Gasteiger partial charge in [-0.15, -0.1) is 0 Å². The molecule has 0 spiro atoms. The van der Waals surface area contributed by atoms with E-state index in [1.807, 2.05) is 97.9 Å². The third-order valence-corrected chi connectivity index (χ3v) is 10.9. The number of hydrogen-bond acceptors (Lipinski definition) is 4. The van der Waals surface area contributed by atoms with E-state index in [9.17, 15) is 15.8 Å². The first kappa shape index (κ1) is 33.3. The lowest BCUT2D eigenvalue weighted by Gasteiger charge is -2.18. The molecule has 0 unspecified atom stereocenters. The molecule has 6 heteroatoms. The van der Waals surface area contributed by atoms with Crippen molar-refractivity contribution in [3.05, 3.63) is 186 Å². The molecule has 0 fully saturated rings. The summed E-state index contributed by atoms with van der Waals surface area (Å²) in [5.41, 5.74) is 13.2. The highest BCUT2D eigenvalue weighted by Gasteiger charge is 2.23. The predicted octanol–water partition coefficient (Wildman–Crippen LogP) is 12.2. The van der Waals surface area contributed by atoms with Crippen LogP contribution in [-0.4, -0.2) is 14.1 Å². The van der Waals surface area contributed by atoms with Crippen LogP contribution < -0.4 is 0 Å². The van der Waals surface area contributed by atoms with Crippen molar-refractivity contribution in [1.82, 2.24) is 14.1 Å². The van der Waals surface area contributed by atoms with Crippen LogP contribution in [0.3, 0.4) is 0 Å². The molecule has 0 saturated carbocycles. The number of fused-ring (bicyclic) bond motifs is 6. The third kappa shape index (κ3) is 5.27. The molecule has 3 aromatic heterocycles. The fourth-order valence-corrected chi connectivity index (χ4v) is 8.40. The van der Waals surface area contributed by atoms with E-state index in [1.165, 1.54) is 0 Å². The molecule has 264 valence electrons. The maximum absolute atomic E-state index is 11.3. The summed E-state index contributed by atoms with van der Waals surface area (Å²) in [6.07, 6.45) is 0. The maximum Gasteiger partial charge on any atom is 0.104 e. The molecule has 0 bridgehead atoms. The largest absolute Gasteiger partial charge is 0.308 e. The minimum absolute atomic E-state index is 0.509. The van der Waals surface area contributed by atoms with Crippen LogP contribution in [-0.2, 0) is 0 Å². The van der Waals surface area contributed by atoms with E-state index < -0.39 is 0 Å². The monoisotopic (exact) mass is 726 g/mol. The molecule has 0 aliphatic heterocycles. The van der Waals surface area contributed by atoms with Crippen molar-refractivity contribution in [3.63, 3.8) is 0 Å². The van der Waals surface area contributed by atoms with E-state index >= 15 is 0 Å². The molecule has 6 nitrogen and oxygen atoms in total. The lowest BCUT2D eigenvalue weighted by Crippen LogP contribution is -2.05. The summed E-state index contributed by atoms with van der Waals surface area (Å²) in [6, 6.07) is 62.0. The number of aromatic nitrogens is 3. The number of para-hydroxylation sites is 2. The summed E-state index contributed by atoms with van der Waals surface area (Å²) >= 11 is 0. The zero-order chi connectivity index (χ0) is 38.6. The van der Waals surface area contributed by atoms with Crippen molar-refractivity contribution in [1.29, 1.82) is 15.8 Å². The van der Waals surface area contributed by atoms with Crippen LogP contribution in [0, 0.1) is 40.9 Å². The van der Waals surface area contributed by atoms with E-state index in [1.54, 1.807) is 0 Å². The summed E-state index contributed by atoms with van der Waals surface area (Å²) < 4.78 is 4.38. The summed E-state index contributed by atoms with van der Waals surface area (Å²) in [5.74, 6) is 0. The van der Waals surface area contributed by atoms with Crippen LogP contribution in [0.4, 0.5) is 0 Å². The molecule has 57 heavy (non-hydrogen) atoms. The summed E-state index contributed by atoms with van der Waals surface area (Å²) in [7, 11) is 0. The smallest absolute Gasteiger partial charge is 0.104 e. The number of nitrogens with zero attached hydrogens (tertiary/aromatic N) is 6. The summed E-state index contributed by atoms with van der Waals surface area (Å²) in [4.78, 5) is 4.96. The van der Waals surface area contributed by atoms with Gasteiger partial charge in [-0.1, -0.05) is 91.0 Å². The van der Waals surface area contributed by atoms with Crippen molar-refractivity contribution in [2.75, 3.05) is 0 Å². The Hall–Kier alpha value is -8.24. The van der Waals surface area contributed by atoms with E-state index in [0.29, 0.717) is 16.7 Å². The average molecular weight is 727 g/mol. The van der Waals surface area contributed by atoms with Crippen LogP contribution in [0.25, 0.3) is 88.5 Å². The molecule has 7 aromatic carbocycles. The van der Waals surface area contributed by atoms with E-state index in [-0.39, 0.29) is 0 Å². The Morgan fingerprint density at radius 1 is 0.421 bits per heavy atom. The van der Waals surface area contributed by atoms with Crippen LogP contribution in [0.2, 0.25) is 0 Å². The molecule has 10 rings (SSSR count). The first-order chi connectivity index (χ1) is 28.1. The Morgan fingerprint density at radius 2 is 0.895 bits per heavy atom. The van der Waals surface area contributed by atoms with Gasteiger partial charge in [-0.05, 0) is 102 Å². The summed E-state index contributed by atoms with van der Waals surface area (Å²) in [5, 5.41) is 35.3. The molecule has 10 aromatic rings. The van der Waals surface area contributed by atoms with Gasteiger partial charge in [0.2, 0.25) is 0 Å². The molecule has 3 heterocycles. The van der Waals surface area contributed by atoms with Crippen molar-refractivity contribution in [2.24, 2.45) is 0 Å². The van der Waals surface area contributed by atoms with Crippen molar-refractivity contribution in [2.45, 2.75) is 6.92 Å². The Balaban J connectivity index is 1.30. The van der Waals surface area contributed by atoms with Gasteiger partial charge < -0.3 is 9.13 Å². The minimum Gasteiger partial charge on any atom is -0.308 e. The van der Waals surface area contributed by atoms with Crippen LogP contribution in [0.1, 0.15) is 22.4 Å². The zero-order valence-electron chi connectivity index (χ0n) is 30.8. The second kappa shape index (κ2) is 13.3. The molecular weight excluding hydrogens is 697 g/mol. The van der Waals surface area contributed by atoms with Crippen molar-refractivity contribution < 1.29 is 0 Å². The fourth-order valence-electron chi connectivity index (χ4n) is 8.40. The molecule has 0 amide bonds. The fraction of sp³-hybridized carbons (Fsp3) is 0.0196. The third-order valence-electron chi connectivity index (χ3n) is 10.9. The number of nitriles is 3. The van der Waals surface area contributed by atoms with Gasteiger partial charge in [0.15, 0.2) is 0 Å². The molecule has 0 aliphatic carbocycles. The average Bonchev–Trinajstić information content (AvgIpc) is 3.78. The second-order valence-corrected chi connectivity index (χ2v) is 14.1. The first-order valence-electron chi connectivity index (χ1n) is 18.6. The van der Waals surface area contributed by atoms with Gasteiger partial charge in [-0.3, -0.25) is 4.98 Å². The van der Waals surface area contributed by atoms with Gasteiger partial charge in [-0.25, -0.2) is 0 Å². The predicted molar refractivity (Wildman–Crippen MR) is 228 cm³/mol. The minimum atomic E-state index is 0.509. The number of pyridine rings is 1. The Morgan fingerprint density at radius 3 is 1.39 bits per heavy atom. The molecule has 0 N–H and O–H groups in total. The van der Waals surface area contributed by atoms with Gasteiger partial charge in [-0.2, -0.15) is 15.8 Å². The highest BCUT2D eigenvalue weighted by Crippen LogP contribution is 2.42. The van der Waals surface area contributed by atoms with Crippen LogP contribution in [0.5, 0.6) is 0 Å². The van der Waals surface area contributed by atoms with Gasteiger partial charge in [0.25, 0.3) is 0 Å². The molecule has 0 atom stereocenters. The maximum atomic E-state index is 11.3. The molecular formula is C51H30N6. The number of rotatable bonds is 5. The number of aryl methyl sites for hydroxylation is 1. The normalized spacial score (nSPS) is 11.2. The topological polar surface area (TPSA) is 94.1 Å².